The molecule has 0 saturated carbocycles. The highest BCUT2D eigenvalue weighted by atomic mass is 127. The molecule has 0 bridgehead atoms. The number of aliphatic imine (C=N–C) groups is 1. The van der Waals surface area contributed by atoms with E-state index >= 15 is 0 Å². The van der Waals surface area contributed by atoms with Gasteiger partial charge in [-0.2, -0.15) is 0 Å². The van der Waals surface area contributed by atoms with Gasteiger partial charge in [-0.15, -0.1) is 0 Å². The highest BCUT2D eigenvalue weighted by molar-refractivity contribution is 14.1. The van der Waals surface area contributed by atoms with Crippen LogP contribution < -0.4 is 9.47 Å². The number of furan rings is 1. The monoisotopic (exact) mass is 535 g/mol. The van der Waals surface area contributed by atoms with Crippen molar-refractivity contribution in [3.05, 3.63) is 86.0 Å². The second-order valence-corrected chi connectivity index (χ2v) is 7.86. The van der Waals surface area contributed by atoms with Crippen molar-refractivity contribution in [2.75, 3.05) is 7.11 Å². The molecule has 4 rings (SSSR count). The number of rotatable bonds is 6. The number of benzene rings is 2. The Morgan fingerprint density at radius 2 is 2.07 bits per heavy atom. The predicted molar refractivity (Wildman–Crippen MR) is 121 cm³/mol. The number of hydrogen-bond donors (Lipinski definition) is 0. The second-order valence-electron chi connectivity index (χ2n) is 6.27. The van der Waals surface area contributed by atoms with E-state index in [0.29, 0.717) is 28.9 Å². The Labute approximate surface area is 191 Å². The molecule has 0 unspecified atom stereocenters. The third kappa shape index (κ3) is 4.52. The molecule has 2 aromatic carbocycles. The Hall–Kier alpha value is -2.78. The number of nitrogens with zero attached hydrogens (tertiary/aromatic N) is 1. The molecule has 0 atom stereocenters. The van der Waals surface area contributed by atoms with E-state index in [1.165, 1.54) is 6.26 Å². The summed E-state index contributed by atoms with van der Waals surface area (Å²) in [5, 5.41) is 0.651. The van der Waals surface area contributed by atoms with Gasteiger partial charge in [0, 0.05) is 5.02 Å². The Morgan fingerprint density at radius 3 is 2.80 bits per heavy atom. The highest BCUT2D eigenvalue weighted by Gasteiger charge is 2.26. The summed E-state index contributed by atoms with van der Waals surface area (Å²) in [6.45, 7) is 0.344. The molecular formula is C22H15ClINO5. The molecule has 0 aliphatic carbocycles. The lowest BCUT2D eigenvalue weighted by molar-refractivity contribution is -0.130. The fourth-order valence-corrected chi connectivity index (χ4v) is 3.81. The van der Waals surface area contributed by atoms with Crippen molar-refractivity contribution in [3.63, 3.8) is 0 Å². The van der Waals surface area contributed by atoms with Crippen molar-refractivity contribution in [1.29, 1.82) is 0 Å². The van der Waals surface area contributed by atoms with Crippen LogP contribution in [0.5, 0.6) is 11.5 Å². The van der Waals surface area contributed by atoms with Crippen LogP contribution in [-0.4, -0.2) is 19.0 Å². The zero-order valence-electron chi connectivity index (χ0n) is 15.7. The van der Waals surface area contributed by atoms with Crippen LogP contribution in [0.1, 0.15) is 16.9 Å². The standard InChI is InChI=1S/C22H15ClINO5/c1-27-19-11-14(10-17-22(26)30-21(25-17)18-6-3-7-28-18)9-16(24)20(19)29-12-13-4-2-5-15(23)8-13/h2-11H,12H2,1H3/b17-10-. The number of methoxy groups -OCH3 is 1. The minimum Gasteiger partial charge on any atom is -0.493 e. The first-order valence-corrected chi connectivity index (χ1v) is 10.3. The summed E-state index contributed by atoms with van der Waals surface area (Å²) < 4.78 is 22.7. The SMILES string of the molecule is COc1cc(/C=C2\N=C(c3ccco3)OC2=O)cc(I)c1OCc1cccc(Cl)c1. The zero-order chi connectivity index (χ0) is 21.1. The molecule has 0 saturated heterocycles. The first-order valence-electron chi connectivity index (χ1n) is 8.84. The van der Waals surface area contributed by atoms with Crippen LogP contribution in [0.15, 0.2) is 69.9 Å². The number of esters is 1. The Kier molecular flexibility index (Phi) is 6.10. The smallest absolute Gasteiger partial charge is 0.363 e. The number of carbonyl (C=O) groups is 1. The summed E-state index contributed by atoms with van der Waals surface area (Å²) in [4.78, 5) is 16.4. The topological polar surface area (TPSA) is 70.3 Å². The minimum absolute atomic E-state index is 0.138. The molecule has 3 aromatic rings. The Bertz CT molecular complexity index is 1150. The van der Waals surface area contributed by atoms with Gasteiger partial charge < -0.3 is 18.6 Å². The van der Waals surface area contributed by atoms with Gasteiger partial charge in [0.2, 0.25) is 0 Å². The first-order chi connectivity index (χ1) is 14.5. The maximum atomic E-state index is 12.2. The number of cyclic esters (lactones) is 1. The molecule has 2 heterocycles. The van der Waals surface area contributed by atoms with Crippen LogP contribution in [0, 0.1) is 3.57 Å². The lowest BCUT2D eigenvalue weighted by Crippen LogP contribution is -2.04. The fraction of sp³-hybridized carbons (Fsp3) is 0.0909. The van der Waals surface area contributed by atoms with Crippen molar-refractivity contribution in [3.8, 4) is 11.5 Å². The molecule has 0 radical (unpaired) electrons. The number of ether oxygens (including phenoxy) is 3. The summed E-state index contributed by atoms with van der Waals surface area (Å²) in [7, 11) is 1.56. The average molecular weight is 536 g/mol. The summed E-state index contributed by atoms with van der Waals surface area (Å²) in [5.74, 6) is 1.13. The normalized spacial score (nSPS) is 14.6. The van der Waals surface area contributed by atoms with E-state index in [4.69, 9.17) is 30.2 Å². The van der Waals surface area contributed by atoms with E-state index in [-0.39, 0.29) is 11.6 Å². The number of halogens is 2. The van der Waals surface area contributed by atoms with Gasteiger partial charge in [-0.1, -0.05) is 23.7 Å². The maximum absolute atomic E-state index is 12.2. The number of hydrogen-bond acceptors (Lipinski definition) is 6. The maximum Gasteiger partial charge on any atom is 0.363 e. The molecule has 1 aliphatic heterocycles. The van der Waals surface area contributed by atoms with E-state index in [9.17, 15) is 4.79 Å². The molecule has 0 fully saturated rings. The van der Waals surface area contributed by atoms with Gasteiger partial charge in [0.05, 0.1) is 16.9 Å². The van der Waals surface area contributed by atoms with Crippen LogP contribution in [0.25, 0.3) is 6.08 Å². The molecule has 1 aliphatic rings. The molecule has 8 heteroatoms. The van der Waals surface area contributed by atoms with E-state index in [1.807, 2.05) is 30.3 Å². The molecule has 152 valence electrons. The Morgan fingerprint density at radius 1 is 1.20 bits per heavy atom. The molecule has 0 spiro atoms. The number of carbonyl (C=O) groups excluding carboxylic acids is 1. The van der Waals surface area contributed by atoms with E-state index < -0.39 is 5.97 Å². The minimum atomic E-state index is -0.545. The lowest BCUT2D eigenvalue weighted by Gasteiger charge is -2.14. The van der Waals surface area contributed by atoms with Gasteiger partial charge in [-0.25, -0.2) is 9.79 Å². The van der Waals surface area contributed by atoms with E-state index in [2.05, 4.69) is 27.6 Å². The van der Waals surface area contributed by atoms with Gasteiger partial charge in [0.1, 0.15) is 6.61 Å². The molecule has 0 N–H and O–H groups in total. The lowest BCUT2D eigenvalue weighted by atomic mass is 10.1. The van der Waals surface area contributed by atoms with Gasteiger partial charge in [-0.3, -0.25) is 0 Å². The van der Waals surface area contributed by atoms with Crippen molar-refractivity contribution < 1.29 is 23.4 Å². The van der Waals surface area contributed by atoms with Crippen LogP contribution in [-0.2, 0) is 16.1 Å². The van der Waals surface area contributed by atoms with Crippen LogP contribution >= 0.6 is 34.2 Å². The quantitative estimate of drug-likeness (QED) is 0.238. The molecule has 0 amide bonds. The summed E-state index contributed by atoms with van der Waals surface area (Å²) in [5.41, 5.74) is 1.84. The fourth-order valence-electron chi connectivity index (χ4n) is 2.82. The summed E-state index contributed by atoms with van der Waals surface area (Å²) in [6.07, 6.45) is 3.12. The molecule has 30 heavy (non-hydrogen) atoms. The van der Waals surface area contributed by atoms with Crippen LogP contribution in [0.3, 0.4) is 0 Å². The van der Waals surface area contributed by atoms with Crippen molar-refractivity contribution in [1.82, 2.24) is 0 Å². The van der Waals surface area contributed by atoms with Crippen molar-refractivity contribution in [2.24, 2.45) is 4.99 Å². The third-order valence-corrected chi connectivity index (χ3v) is 5.22. The van der Waals surface area contributed by atoms with E-state index in [0.717, 1.165) is 14.7 Å². The van der Waals surface area contributed by atoms with E-state index in [1.54, 1.807) is 31.4 Å². The van der Waals surface area contributed by atoms with Gasteiger partial charge in [-0.05, 0) is 76.2 Å². The average Bonchev–Trinajstić information content (AvgIpc) is 3.37. The first kappa shape index (κ1) is 20.5. The second kappa shape index (κ2) is 8.93. The van der Waals surface area contributed by atoms with Gasteiger partial charge in [0.15, 0.2) is 23.0 Å². The largest absolute Gasteiger partial charge is 0.493 e. The van der Waals surface area contributed by atoms with Crippen molar-refractivity contribution >= 4 is 52.1 Å². The highest BCUT2D eigenvalue weighted by Crippen LogP contribution is 2.35. The van der Waals surface area contributed by atoms with Crippen LogP contribution in [0.2, 0.25) is 5.02 Å². The molecular weight excluding hydrogens is 521 g/mol. The van der Waals surface area contributed by atoms with Gasteiger partial charge in [0.25, 0.3) is 5.90 Å². The summed E-state index contributed by atoms with van der Waals surface area (Å²) in [6, 6.07) is 14.5. The summed E-state index contributed by atoms with van der Waals surface area (Å²) >= 11 is 8.19. The predicted octanol–water partition coefficient (Wildman–Crippen LogP) is 5.47. The molecule has 1 aromatic heterocycles. The van der Waals surface area contributed by atoms with Crippen molar-refractivity contribution in [2.45, 2.75) is 6.61 Å². The Balaban J connectivity index is 1.59. The zero-order valence-corrected chi connectivity index (χ0v) is 18.6. The molecule has 6 nitrogen and oxygen atoms in total. The van der Waals surface area contributed by atoms with Gasteiger partial charge >= 0.3 is 5.97 Å². The third-order valence-electron chi connectivity index (χ3n) is 4.18. The van der Waals surface area contributed by atoms with Crippen LogP contribution in [0.4, 0.5) is 0 Å².